The molecule has 2 amide bonds. The van der Waals surface area contributed by atoms with Gasteiger partial charge < -0.3 is 15.7 Å². The van der Waals surface area contributed by atoms with E-state index in [1.54, 1.807) is 12.1 Å². The largest absolute Gasteiger partial charge is 0.480 e. The van der Waals surface area contributed by atoms with Crippen LogP contribution >= 0.6 is 0 Å². The Morgan fingerprint density at radius 1 is 0.808 bits per heavy atom. The van der Waals surface area contributed by atoms with Crippen LogP contribution in [0.2, 0.25) is 0 Å². The first-order valence-corrected chi connectivity index (χ1v) is 8.41. The van der Waals surface area contributed by atoms with E-state index in [0.29, 0.717) is 6.54 Å². The Labute approximate surface area is 152 Å². The van der Waals surface area contributed by atoms with Gasteiger partial charge >= 0.3 is 5.97 Å². The summed E-state index contributed by atoms with van der Waals surface area (Å²) in [6, 6.07) is 17.5. The van der Waals surface area contributed by atoms with Crippen LogP contribution in [0.5, 0.6) is 0 Å². The normalized spacial score (nSPS) is 11.4. The number of hydrogen-bond donors (Lipinski definition) is 3. The van der Waals surface area contributed by atoms with Gasteiger partial charge in [-0.1, -0.05) is 60.7 Å². The topological polar surface area (TPSA) is 95.5 Å². The lowest BCUT2D eigenvalue weighted by atomic mass is 10.1. The number of rotatable bonds is 9. The average molecular weight is 354 g/mol. The lowest BCUT2D eigenvalue weighted by Gasteiger charge is -2.14. The Morgan fingerprint density at radius 2 is 1.35 bits per heavy atom. The van der Waals surface area contributed by atoms with Crippen molar-refractivity contribution >= 4 is 17.8 Å². The van der Waals surface area contributed by atoms with Crippen LogP contribution in [0.4, 0.5) is 0 Å². The van der Waals surface area contributed by atoms with Crippen molar-refractivity contribution in [1.82, 2.24) is 10.6 Å². The summed E-state index contributed by atoms with van der Waals surface area (Å²) in [6.45, 7) is 0.396. The molecule has 136 valence electrons. The van der Waals surface area contributed by atoms with Crippen molar-refractivity contribution in [3.8, 4) is 0 Å². The van der Waals surface area contributed by atoms with E-state index in [9.17, 15) is 19.5 Å². The third-order valence-electron chi connectivity index (χ3n) is 3.83. The summed E-state index contributed by atoms with van der Waals surface area (Å²) in [7, 11) is 0. The zero-order valence-electron chi connectivity index (χ0n) is 14.4. The predicted molar refractivity (Wildman–Crippen MR) is 97.2 cm³/mol. The molecule has 1 atom stereocenters. The van der Waals surface area contributed by atoms with E-state index in [1.165, 1.54) is 0 Å². The molecule has 26 heavy (non-hydrogen) atoms. The van der Waals surface area contributed by atoms with E-state index in [2.05, 4.69) is 10.6 Å². The van der Waals surface area contributed by atoms with Gasteiger partial charge in [-0.2, -0.15) is 0 Å². The molecule has 0 heterocycles. The lowest BCUT2D eigenvalue weighted by molar-refractivity contribution is -0.141. The molecule has 2 rings (SSSR count). The van der Waals surface area contributed by atoms with Gasteiger partial charge in [0.05, 0.1) is 0 Å². The molecule has 0 unspecified atom stereocenters. The van der Waals surface area contributed by atoms with E-state index in [1.807, 2.05) is 48.5 Å². The fourth-order valence-electron chi connectivity index (χ4n) is 2.43. The Morgan fingerprint density at radius 3 is 1.92 bits per heavy atom. The first-order chi connectivity index (χ1) is 12.5. The highest BCUT2D eigenvalue weighted by Crippen LogP contribution is 2.04. The third kappa shape index (κ3) is 6.76. The molecular formula is C20H22N2O4. The third-order valence-corrected chi connectivity index (χ3v) is 3.83. The van der Waals surface area contributed by atoms with E-state index in [4.69, 9.17) is 0 Å². The molecule has 0 aliphatic rings. The summed E-state index contributed by atoms with van der Waals surface area (Å²) in [5.41, 5.74) is 1.79. The molecule has 2 aromatic rings. The van der Waals surface area contributed by atoms with Crippen molar-refractivity contribution in [2.24, 2.45) is 0 Å². The average Bonchev–Trinajstić information content (AvgIpc) is 2.66. The van der Waals surface area contributed by atoms with Crippen molar-refractivity contribution in [3.05, 3.63) is 71.8 Å². The highest BCUT2D eigenvalue weighted by molar-refractivity contribution is 5.87. The van der Waals surface area contributed by atoms with Crippen LogP contribution in [0.15, 0.2) is 60.7 Å². The molecular weight excluding hydrogens is 332 g/mol. The van der Waals surface area contributed by atoms with Crippen LogP contribution in [0, 0.1) is 0 Å². The highest BCUT2D eigenvalue weighted by Gasteiger charge is 2.20. The number of carboxylic acids is 1. The van der Waals surface area contributed by atoms with E-state index >= 15 is 0 Å². The van der Waals surface area contributed by atoms with Crippen molar-refractivity contribution in [2.75, 3.05) is 0 Å². The number of carbonyl (C=O) groups is 3. The van der Waals surface area contributed by atoms with E-state index in [-0.39, 0.29) is 25.2 Å². The van der Waals surface area contributed by atoms with Crippen LogP contribution in [0.3, 0.4) is 0 Å². The van der Waals surface area contributed by atoms with Crippen LogP contribution < -0.4 is 10.6 Å². The smallest absolute Gasteiger partial charge is 0.326 e. The minimum absolute atomic E-state index is 0.0103. The minimum atomic E-state index is -1.10. The molecule has 6 nitrogen and oxygen atoms in total. The molecule has 0 bridgehead atoms. The van der Waals surface area contributed by atoms with Gasteiger partial charge in [0.25, 0.3) is 0 Å². The maximum Gasteiger partial charge on any atom is 0.326 e. The Bertz CT molecular complexity index is 732. The lowest BCUT2D eigenvalue weighted by Crippen LogP contribution is -2.42. The van der Waals surface area contributed by atoms with Gasteiger partial charge in [-0.05, 0) is 11.1 Å². The molecule has 0 radical (unpaired) electrons. The second-order valence-electron chi connectivity index (χ2n) is 5.91. The zero-order valence-corrected chi connectivity index (χ0v) is 14.4. The minimum Gasteiger partial charge on any atom is -0.480 e. The number of aliphatic carboxylic acids is 1. The molecule has 0 saturated carbocycles. The molecule has 3 N–H and O–H groups in total. The fourth-order valence-corrected chi connectivity index (χ4v) is 2.43. The van der Waals surface area contributed by atoms with Crippen LogP contribution in [0.1, 0.15) is 24.0 Å². The maximum absolute atomic E-state index is 12.0. The second kappa shape index (κ2) is 9.98. The Kier molecular flexibility index (Phi) is 7.36. The number of carboxylic acid groups (broad SMARTS) is 1. The summed E-state index contributed by atoms with van der Waals surface area (Å²) in [5.74, 6) is -1.81. The maximum atomic E-state index is 12.0. The summed E-state index contributed by atoms with van der Waals surface area (Å²) in [5, 5.41) is 14.5. The van der Waals surface area contributed by atoms with Crippen molar-refractivity contribution in [2.45, 2.75) is 31.8 Å². The SMILES string of the molecule is O=C(CCC(=O)N[C@@H](Cc1ccccc1)C(=O)O)NCc1ccccc1. The predicted octanol–water partition coefficient (Wildman–Crippen LogP) is 1.90. The van der Waals surface area contributed by atoms with Crippen molar-refractivity contribution in [3.63, 3.8) is 0 Å². The van der Waals surface area contributed by atoms with Gasteiger partial charge in [0.1, 0.15) is 6.04 Å². The van der Waals surface area contributed by atoms with E-state index < -0.39 is 17.9 Å². The van der Waals surface area contributed by atoms with Gasteiger partial charge in [-0.25, -0.2) is 4.79 Å². The summed E-state index contributed by atoms with van der Waals surface area (Å²) in [4.78, 5) is 35.1. The van der Waals surface area contributed by atoms with E-state index in [0.717, 1.165) is 11.1 Å². The van der Waals surface area contributed by atoms with Crippen LogP contribution in [-0.4, -0.2) is 28.9 Å². The molecule has 0 aromatic heterocycles. The molecule has 2 aromatic carbocycles. The number of hydrogen-bond acceptors (Lipinski definition) is 3. The van der Waals surface area contributed by atoms with Crippen molar-refractivity contribution in [1.29, 1.82) is 0 Å². The number of carbonyl (C=O) groups excluding carboxylic acids is 2. The second-order valence-corrected chi connectivity index (χ2v) is 5.91. The highest BCUT2D eigenvalue weighted by atomic mass is 16.4. The van der Waals surface area contributed by atoms with Gasteiger partial charge in [0.15, 0.2) is 0 Å². The van der Waals surface area contributed by atoms with Crippen LogP contribution in [-0.2, 0) is 27.3 Å². The van der Waals surface area contributed by atoms with Gasteiger partial charge in [-0.3, -0.25) is 9.59 Å². The number of nitrogens with one attached hydrogen (secondary N) is 2. The summed E-state index contributed by atoms with van der Waals surface area (Å²) >= 11 is 0. The Balaban J connectivity index is 1.75. The molecule has 0 fully saturated rings. The molecule has 0 spiro atoms. The van der Waals surface area contributed by atoms with Gasteiger partial charge in [-0.15, -0.1) is 0 Å². The summed E-state index contributed by atoms with van der Waals surface area (Å²) < 4.78 is 0. The fraction of sp³-hybridized carbons (Fsp3) is 0.250. The molecule has 0 aliphatic carbocycles. The summed E-state index contributed by atoms with van der Waals surface area (Å²) in [6.07, 6.45) is 0.150. The molecule has 0 aliphatic heterocycles. The van der Waals surface area contributed by atoms with Crippen molar-refractivity contribution < 1.29 is 19.5 Å². The first kappa shape index (κ1) is 19.2. The van der Waals surface area contributed by atoms with Gasteiger partial charge in [0.2, 0.25) is 11.8 Å². The number of benzene rings is 2. The number of amides is 2. The quantitative estimate of drug-likeness (QED) is 0.641. The molecule has 0 saturated heterocycles. The first-order valence-electron chi connectivity index (χ1n) is 8.41. The standard InChI is InChI=1S/C20H22N2O4/c23-18(21-14-16-9-5-2-6-10-16)11-12-19(24)22-17(20(25)26)13-15-7-3-1-4-8-15/h1-10,17H,11-14H2,(H,21,23)(H,22,24)(H,25,26)/t17-/m0/s1. The Hall–Kier alpha value is -3.15. The zero-order chi connectivity index (χ0) is 18.8. The molecule has 6 heteroatoms. The van der Waals surface area contributed by atoms with Gasteiger partial charge in [0, 0.05) is 25.8 Å². The van der Waals surface area contributed by atoms with Crippen LogP contribution in [0.25, 0.3) is 0 Å². The monoisotopic (exact) mass is 354 g/mol.